The van der Waals surface area contributed by atoms with Crippen molar-refractivity contribution in [3.8, 4) is 6.07 Å². The Morgan fingerprint density at radius 1 is 1.41 bits per heavy atom. The van der Waals surface area contributed by atoms with Crippen molar-refractivity contribution in [1.29, 1.82) is 5.26 Å². The van der Waals surface area contributed by atoms with E-state index < -0.39 is 0 Å². The summed E-state index contributed by atoms with van der Waals surface area (Å²) in [6.45, 7) is 0. The van der Waals surface area contributed by atoms with Gasteiger partial charge in [-0.15, -0.1) is 11.3 Å². The fourth-order valence-electron chi connectivity index (χ4n) is 1.28. The van der Waals surface area contributed by atoms with Gasteiger partial charge in [-0.1, -0.05) is 17.7 Å². The van der Waals surface area contributed by atoms with Crippen LogP contribution in [-0.2, 0) is 0 Å². The third-order valence-corrected chi connectivity index (χ3v) is 3.29. The number of hydrogen-bond acceptors (Lipinski definition) is 3. The number of rotatable bonds is 2. The fourth-order valence-corrected chi connectivity index (χ4v) is 2.07. The van der Waals surface area contributed by atoms with Crippen LogP contribution in [0.15, 0.2) is 35.7 Å². The average Bonchev–Trinajstić information content (AvgIpc) is 2.85. The van der Waals surface area contributed by atoms with Crippen LogP contribution in [0.3, 0.4) is 0 Å². The summed E-state index contributed by atoms with van der Waals surface area (Å²) in [7, 11) is 0. The van der Waals surface area contributed by atoms with Crippen molar-refractivity contribution in [1.82, 2.24) is 0 Å². The molecule has 0 saturated heterocycles. The predicted octanol–water partition coefficient (Wildman–Crippen LogP) is 3.53. The molecule has 0 spiro atoms. The Hall–Kier alpha value is -1.83. The number of thiophene rings is 1. The lowest BCUT2D eigenvalue weighted by atomic mass is 10.2. The Balaban J connectivity index is 2.25. The molecule has 1 aromatic carbocycles. The molecule has 5 heteroatoms. The Morgan fingerprint density at radius 3 is 2.88 bits per heavy atom. The van der Waals surface area contributed by atoms with Crippen LogP contribution in [0.4, 0.5) is 5.69 Å². The molecule has 0 bridgehead atoms. The number of carbonyl (C=O) groups excluding carboxylic acids is 1. The highest BCUT2D eigenvalue weighted by atomic mass is 35.5. The molecule has 0 aliphatic rings. The monoisotopic (exact) mass is 262 g/mol. The summed E-state index contributed by atoms with van der Waals surface area (Å²) in [6, 6.07) is 10.3. The van der Waals surface area contributed by atoms with Gasteiger partial charge in [0.05, 0.1) is 27.2 Å². The maximum absolute atomic E-state index is 11.8. The largest absolute Gasteiger partial charge is 0.320 e. The molecule has 0 saturated carbocycles. The second kappa shape index (κ2) is 5.00. The van der Waals surface area contributed by atoms with Crippen LogP contribution in [0.5, 0.6) is 0 Å². The van der Waals surface area contributed by atoms with E-state index in [0.717, 1.165) is 0 Å². The number of carbonyl (C=O) groups is 1. The first-order valence-corrected chi connectivity index (χ1v) is 6.01. The zero-order valence-corrected chi connectivity index (χ0v) is 10.2. The SMILES string of the molecule is N#Cc1ccc(Cl)c(NC(=O)c2cccs2)c1. The maximum Gasteiger partial charge on any atom is 0.265 e. The van der Waals surface area contributed by atoms with E-state index >= 15 is 0 Å². The molecule has 17 heavy (non-hydrogen) atoms. The van der Waals surface area contributed by atoms with Crippen LogP contribution in [-0.4, -0.2) is 5.91 Å². The van der Waals surface area contributed by atoms with Crippen molar-refractivity contribution in [2.75, 3.05) is 5.32 Å². The normalized spacial score (nSPS) is 9.65. The van der Waals surface area contributed by atoms with E-state index in [-0.39, 0.29) is 5.91 Å². The summed E-state index contributed by atoms with van der Waals surface area (Å²) >= 11 is 7.28. The minimum absolute atomic E-state index is 0.225. The number of amides is 1. The van der Waals surface area contributed by atoms with Gasteiger partial charge in [-0.2, -0.15) is 5.26 Å². The van der Waals surface area contributed by atoms with Crippen LogP contribution >= 0.6 is 22.9 Å². The molecule has 0 radical (unpaired) electrons. The lowest BCUT2D eigenvalue weighted by Crippen LogP contribution is -2.10. The quantitative estimate of drug-likeness (QED) is 0.900. The van der Waals surface area contributed by atoms with Crippen molar-refractivity contribution in [3.63, 3.8) is 0 Å². The van der Waals surface area contributed by atoms with Crippen LogP contribution < -0.4 is 5.32 Å². The van der Waals surface area contributed by atoms with E-state index in [1.165, 1.54) is 11.3 Å². The summed E-state index contributed by atoms with van der Waals surface area (Å²) in [5, 5.41) is 13.7. The van der Waals surface area contributed by atoms with Crippen LogP contribution in [0.1, 0.15) is 15.2 Å². The van der Waals surface area contributed by atoms with E-state index in [0.29, 0.717) is 21.2 Å². The summed E-state index contributed by atoms with van der Waals surface area (Å²) in [5.41, 5.74) is 0.903. The molecule has 1 N–H and O–H groups in total. The molecule has 2 rings (SSSR count). The second-order valence-corrected chi connectivity index (χ2v) is 4.59. The number of benzene rings is 1. The minimum Gasteiger partial charge on any atom is -0.320 e. The van der Waals surface area contributed by atoms with E-state index in [1.807, 2.05) is 11.4 Å². The van der Waals surface area contributed by atoms with Gasteiger partial charge in [-0.25, -0.2) is 0 Å². The third-order valence-electron chi connectivity index (χ3n) is 2.09. The highest BCUT2D eigenvalue weighted by Gasteiger charge is 2.09. The van der Waals surface area contributed by atoms with Gasteiger partial charge in [-0.05, 0) is 29.6 Å². The van der Waals surface area contributed by atoms with Crippen molar-refractivity contribution < 1.29 is 4.79 Å². The average molecular weight is 263 g/mol. The van der Waals surface area contributed by atoms with Gasteiger partial charge in [0, 0.05) is 0 Å². The predicted molar refractivity (Wildman–Crippen MR) is 68.4 cm³/mol. The first-order valence-electron chi connectivity index (χ1n) is 4.75. The maximum atomic E-state index is 11.8. The van der Waals surface area contributed by atoms with E-state index in [1.54, 1.807) is 30.3 Å². The summed E-state index contributed by atoms with van der Waals surface area (Å²) in [6.07, 6.45) is 0. The highest BCUT2D eigenvalue weighted by Crippen LogP contribution is 2.23. The molecule has 0 unspecified atom stereocenters. The van der Waals surface area contributed by atoms with Gasteiger partial charge >= 0.3 is 0 Å². The Morgan fingerprint density at radius 2 is 2.24 bits per heavy atom. The molecular weight excluding hydrogens is 256 g/mol. The Bertz CT molecular complexity index is 587. The Labute approximate surface area is 107 Å². The van der Waals surface area contributed by atoms with Crippen molar-refractivity contribution in [2.45, 2.75) is 0 Å². The van der Waals surface area contributed by atoms with Gasteiger partial charge < -0.3 is 5.32 Å². The minimum atomic E-state index is -0.225. The number of nitriles is 1. The zero-order valence-electron chi connectivity index (χ0n) is 8.61. The molecular formula is C12H7ClN2OS. The van der Waals surface area contributed by atoms with Crippen molar-refractivity contribution in [2.24, 2.45) is 0 Å². The second-order valence-electron chi connectivity index (χ2n) is 3.24. The van der Waals surface area contributed by atoms with Gasteiger partial charge in [-0.3, -0.25) is 4.79 Å². The zero-order chi connectivity index (χ0) is 12.3. The van der Waals surface area contributed by atoms with Gasteiger partial charge in [0.15, 0.2) is 0 Å². The summed E-state index contributed by atoms with van der Waals surface area (Å²) in [4.78, 5) is 12.4. The molecule has 0 fully saturated rings. The summed E-state index contributed by atoms with van der Waals surface area (Å²) in [5.74, 6) is -0.225. The van der Waals surface area contributed by atoms with Gasteiger partial charge in [0.1, 0.15) is 0 Å². The molecule has 1 amide bonds. The molecule has 1 aromatic heterocycles. The van der Waals surface area contributed by atoms with Gasteiger partial charge in [0.25, 0.3) is 5.91 Å². The molecule has 0 aliphatic heterocycles. The molecule has 3 nitrogen and oxygen atoms in total. The first-order chi connectivity index (χ1) is 8.20. The van der Waals surface area contributed by atoms with Crippen LogP contribution in [0.25, 0.3) is 0 Å². The Kier molecular flexibility index (Phi) is 3.43. The van der Waals surface area contributed by atoms with Crippen molar-refractivity contribution >= 4 is 34.5 Å². The smallest absolute Gasteiger partial charge is 0.265 e. The third kappa shape index (κ3) is 2.64. The topological polar surface area (TPSA) is 52.9 Å². The standard InChI is InChI=1S/C12H7ClN2OS/c13-9-4-3-8(7-14)6-10(9)15-12(16)11-2-1-5-17-11/h1-6H,(H,15,16). The highest BCUT2D eigenvalue weighted by molar-refractivity contribution is 7.12. The van der Waals surface area contributed by atoms with Crippen LogP contribution in [0, 0.1) is 11.3 Å². The number of nitrogens with zero attached hydrogens (tertiary/aromatic N) is 1. The molecule has 84 valence electrons. The van der Waals surface area contributed by atoms with E-state index in [4.69, 9.17) is 16.9 Å². The molecule has 2 aromatic rings. The van der Waals surface area contributed by atoms with E-state index in [2.05, 4.69) is 5.32 Å². The lowest BCUT2D eigenvalue weighted by molar-refractivity contribution is 0.103. The van der Waals surface area contributed by atoms with Crippen molar-refractivity contribution in [3.05, 3.63) is 51.2 Å². The molecule has 0 aliphatic carbocycles. The summed E-state index contributed by atoms with van der Waals surface area (Å²) < 4.78 is 0. The fraction of sp³-hybridized carbons (Fsp3) is 0. The molecule has 0 atom stereocenters. The van der Waals surface area contributed by atoms with Gasteiger partial charge in [0.2, 0.25) is 0 Å². The van der Waals surface area contributed by atoms with E-state index in [9.17, 15) is 4.79 Å². The number of hydrogen-bond donors (Lipinski definition) is 1. The lowest BCUT2D eigenvalue weighted by Gasteiger charge is -2.06. The number of halogens is 1. The van der Waals surface area contributed by atoms with Crippen LogP contribution in [0.2, 0.25) is 5.02 Å². The first kappa shape index (κ1) is 11.6. The molecule has 1 heterocycles. The number of nitrogens with one attached hydrogen (secondary N) is 1. The number of anilines is 1.